The Balaban J connectivity index is 1.72. The fraction of sp³-hybridized carbons (Fsp3) is 0.480. The smallest absolute Gasteiger partial charge is 0.329 e. The number of rotatable bonds is 4. The molecule has 3 nitrogen and oxygen atoms in total. The van der Waals surface area contributed by atoms with Gasteiger partial charge in [-0.25, -0.2) is 4.79 Å². The third-order valence-electron chi connectivity index (χ3n) is 7.11. The summed E-state index contributed by atoms with van der Waals surface area (Å²) in [5, 5.41) is 0. The van der Waals surface area contributed by atoms with Gasteiger partial charge in [-0.1, -0.05) is 69.7 Å². The van der Waals surface area contributed by atoms with Crippen molar-refractivity contribution in [2.75, 3.05) is 7.11 Å². The van der Waals surface area contributed by atoms with E-state index in [1.165, 1.54) is 37.5 Å². The lowest BCUT2D eigenvalue weighted by Crippen LogP contribution is -2.45. The number of aromatic nitrogens is 1. The highest BCUT2D eigenvalue weighted by Gasteiger charge is 2.48. The van der Waals surface area contributed by atoms with Crippen molar-refractivity contribution >= 4 is 12.0 Å². The normalized spacial score (nSPS) is 26.2. The standard InChI is InChI=1S/C25H31NO2/c1-24(2)13-8-14-25(3)20-17-26(16-19(20)11-12-22(24)25)21(23(27)28-4)15-18-9-6-5-7-10-18/h5-7,9-12,16-17,21-22H,8,13-15H2,1-4H3/t21-,22?,25+/m0/s1. The van der Waals surface area contributed by atoms with E-state index in [0.717, 1.165) is 5.56 Å². The number of allylic oxidation sites excluding steroid dienone is 1. The van der Waals surface area contributed by atoms with E-state index in [9.17, 15) is 4.79 Å². The second-order valence-corrected chi connectivity index (χ2v) is 9.40. The number of fused-ring (bicyclic) bond motifs is 3. The highest BCUT2D eigenvalue weighted by Crippen LogP contribution is 2.56. The van der Waals surface area contributed by atoms with Crippen molar-refractivity contribution in [1.82, 2.24) is 4.57 Å². The first kappa shape index (κ1) is 19.0. The molecule has 1 unspecified atom stereocenters. The number of esters is 1. The Labute approximate surface area is 168 Å². The fourth-order valence-corrected chi connectivity index (χ4v) is 5.62. The van der Waals surface area contributed by atoms with Crippen molar-refractivity contribution < 1.29 is 9.53 Å². The van der Waals surface area contributed by atoms with Gasteiger partial charge in [-0.15, -0.1) is 0 Å². The topological polar surface area (TPSA) is 31.2 Å². The van der Waals surface area contributed by atoms with E-state index < -0.39 is 0 Å². The van der Waals surface area contributed by atoms with Crippen LogP contribution in [0.25, 0.3) is 6.08 Å². The van der Waals surface area contributed by atoms with Crippen molar-refractivity contribution in [2.45, 2.75) is 57.9 Å². The molecule has 4 rings (SSSR count). The SMILES string of the molecule is COC(=O)[C@H](Cc1ccccc1)n1cc2c(c1)[C@@]1(C)CCCC(C)(C)C1C=C2. The molecule has 0 aliphatic heterocycles. The van der Waals surface area contributed by atoms with Gasteiger partial charge in [-0.05, 0) is 40.9 Å². The van der Waals surface area contributed by atoms with Crippen LogP contribution in [-0.4, -0.2) is 17.6 Å². The van der Waals surface area contributed by atoms with Crippen LogP contribution in [0.5, 0.6) is 0 Å². The van der Waals surface area contributed by atoms with E-state index in [2.05, 4.69) is 62.0 Å². The summed E-state index contributed by atoms with van der Waals surface area (Å²) in [7, 11) is 1.48. The number of carbonyl (C=O) groups excluding carboxylic acids is 1. The molecule has 0 spiro atoms. The molecule has 2 aliphatic rings. The zero-order chi connectivity index (χ0) is 19.9. The number of nitrogens with zero attached hydrogens (tertiary/aromatic N) is 1. The van der Waals surface area contributed by atoms with Gasteiger partial charge in [0.25, 0.3) is 0 Å². The molecule has 1 aromatic carbocycles. The predicted octanol–water partition coefficient (Wildman–Crippen LogP) is 5.56. The molecule has 1 aromatic heterocycles. The van der Waals surface area contributed by atoms with Gasteiger partial charge in [0.2, 0.25) is 0 Å². The molecule has 3 heteroatoms. The molecule has 28 heavy (non-hydrogen) atoms. The number of hydrogen-bond acceptors (Lipinski definition) is 2. The van der Waals surface area contributed by atoms with Gasteiger partial charge in [-0.3, -0.25) is 0 Å². The van der Waals surface area contributed by atoms with Crippen LogP contribution >= 0.6 is 0 Å². The third kappa shape index (κ3) is 3.11. The number of methoxy groups -OCH3 is 1. The molecule has 0 N–H and O–H groups in total. The number of carbonyl (C=O) groups is 1. The van der Waals surface area contributed by atoms with Crippen LogP contribution in [0.15, 0.2) is 48.8 Å². The maximum Gasteiger partial charge on any atom is 0.329 e. The minimum atomic E-state index is -0.343. The summed E-state index contributed by atoms with van der Waals surface area (Å²) in [5.41, 5.74) is 4.20. The van der Waals surface area contributed by atoms with Crippen LogP contribution in [-0.2, 0) is 21.4 Å². The first-order chi connectivity index (χ1) is 13.3. The quantitative estimate of drug-likeness (QED) is 0.654. The van der Waals surface area contributed by atoms with Crippen molar-refractivity contribution in [3.05, 3.63) is 65.5 Å². The summed E-state index contributed by atoms with van der Waals surface area (Å²) < 4.78 is 7.24. The molecule has 0 bridgehead atoms. The molecule has 148 valence electrons. The molecule has 2 aliphatic carbocycles. The Morgan fingerprint density at radius 1 is 1.18 bits per heavy atom. The van der Waals surface area contributed by atoms with Crippen LogP contribution in [0.2, 0.25) is 0 Å². The van der Waals surface area contributed by atoms with E-state index in [-0.39, 0.29) is 17.4 Å². The molecular formula is C25H31NO2. The molecule has 1 saturated carbocycles. The lowest BCUT2D eigenvalue weighted by molar-refractivity contribution is -0.144. The van der Waals surface area contributed by atoms with Crippen LogP contribution in [0.1, 0.15) is 62.8 Å². The lowest BCUT2D eigenvalue weighted by atomic mass is 9.53. The minimum Gasteiger partial charge on any atom is -0.467 e. The Morgan fingerprint density at radius 2 is 1.93 bits per heavy atom. The van der Waals surface area contributed by atoms with Gasteiger partial charge in [0.15, 0.2) is 0 Å². The van der Waals surface area contributed by atoms with Crippen molar-refractivity contribution in [2.24, 2.45) is 11.3 Å². The van der Waals surface area contributed by atoms with Gasteiger partial charge in [0.05, 0.1) is 7.11 Å². The monoisotopic (exact) mass is 377 g/mol. The largest absolute Gasteiger partial charge is 0.467 e. The van der Waals surface area contributed by atoms with Crippen LogP contribution in [0.3, 0.4) is 0 Å². The summed E-state index contributed by atoms with van der Waals surface area (Å²) in [4.78, 5) is 12.6. The molecule has 0 radical (unpaired) electrons. The maximum atomic E-state index is 12.6. The summed E-state index contributed by atoms with van der Waals surface area (Å²) in [6.07, 6.45) is 13.4. The zero-order valence-corrected chi connectivity index (χ0v) is 17.4. The summed E-state index contributed by atoms with van der Waals surface area (Å²) in [6.45, 7) is 7.21. The number of ether oxygens (including phenoxy) is 1. The van der Waals surface area contributed by atoms with Gasteiger partial charge < -0.3 is 9.30 Å². The van der Waals surface area contributed by atoms with Gasteiger partial charge in [0.1, 0.15) is 6.04 Å². The molecule has 0 saturated heterocycles. The second kappa shape index (κ2) is 6.95. The number of benzene rings is 1. The Kier molecular flexibility index (Phi) is 4.73. The van der Waals surface area contributed by atoms with E-state index in [0.29, 0.717) is 17.8 Å². The summed E-state index contributed by atoms with van der Waals surface area (Å²) >= 11 is 0. The minimum absolute atomic E-state index is 0.129. The first-order valence-electron chi connectivity index (χ1n) is 10.4. The molecule has 1 heterocycles. The Hall–Kier alpha value is -2.29. The molecule has 3 atom stereocenters. The maximum absolute atomic E-state index is 12.6. The van der Waals surface area contributed by atoms with Crippen LogP contribution in [0, 0.1) is 11.3 Å². The Bertz CT molecular complexity index is 893. The predicted molar refractivity (Wildman–Crippen MR) is 113 cm³/mol. The molecule has 2 aromatic rings. The van der Waals surface area contributed by atoms with E-state index in [1.54, 1.807) is 0 Å². The van der Waals surface area contributed by atoms with Gasteiger partial charge in [0, 0.05) is 24.2 Å². The Morgan fingerprint density at radius 3 is 2.64 bits per heavy atom. The van der Waals surface area contributed by atoms with Crippen LogP contribution < -0.4 is 0 Å². The molecule has 0 amide bonds. The average Bonchev–Trinajstić information content (AvgIpc) is 3.11. The average molecular weight is 378 g/mol. The van der Waals surface area contributed by atoms with E-state index >= 15 is 0 Å². The molecular weight excluding hydrogens is 346 g/mol. The fourth-order valence-electron chi connectivity index (χ4n) is 5.62. The highest BCUT2D eigenvalue weighted by atomic mass is 16.5. The lowest BCUT2D eigenvalue weighted by Gasteiger charge is -2.51. The van der Waals surface area contributed by atoms with Crippen molar-refractivity contribution in [1.29, 1.82) is 0 Å². The van der Waals surface area contributed by atoms with Crippen molar-refractivity contribution in [3.63, 3.8) is 0 Å². The van der Waals surface area contributed by atoms with E-state index in [1.807, 2.05) is 18.2 Å². The van der Waals surface area contributed by atoms with Gasteiger partial charge >= 0.3 is 5.97 Å². The third-order valence-corrected chi connectivity index (χ3v) is 7.11. The first-order valence-corrected chi connectivity index (χ1v) is 10.4. The van der Waals surface area contributed by atoms with E-state index in [4.69, 9.17) is 4.74 Å². The summed E-state index contributed by atoms with van der Waals surface area (Å²) in [6, 6.07) is 9.83. The zero-order valence-electron chi connectivity index (χ0n) is 17.4. The van der Waals surface area contributed by atoms with Gasteiger partial charge in [-0.2, -0.15) is 0 Å². The van der Waals surface area contributed by atoms with Crippen molar-refractivity contribution in [3.8, 4) is 0 Å². The number of hydrogen-bond donors (Lipinski definition) is 0. The molecule has 1 fully saturated rings. The summed E-state index contributed by atoms with van der Waals surface area (Å²) in [5.74, 6) is 0.341. The highest BCUT2D eigenvalue weighted by molar-refractivity contribution is 5.75. The van der Waals surface area contributed by atoms with Crippen LogP contribution in [0.4, 0.5) is 0 Å². The second-order valence-electron chi connectivity index (χ2n) is 9.40.